The van der Waals surface area contributed by atoms with Crippen LogP contribution in [0.5, 0.6) is 0 Å². The molecule has 1 aliphatic rings. The van der Waals surface area contributed by atoms with Crippen molar-refractivity contribution in [3.63, 3.8) is 0 Å². The third-order valence-electron chi connectivity index (χ3n) is 4.39. The summed E-state index contributed by atoms with van der Waals surface area (Å²) in [5, 5.41) is 3.53. The van der Waals surface area contributed by atoms with Gasteiger partial charge in [0.25, 0.3) is 0 Å². The SMILES string of the molecule is CCCNCCC(C)(C)C1CC1c1ccccc1. The van der Waals surface area contributed by atoms with E-state index in [9.17, 15) is 0 Å². The van der Waals surface area contributed by atoms with Gasteiger partial charge in [-0.2, -0.15) is 0 Å². The molecule has 1 heteroatoms. The minimum atomic E-state index is 0.473. The Balaban J connectivity index is 1.82. The van der Waals surface area contributed by atoms with Crippen LogP contribution < -0.4 is 5.32 Å². The molecule has 0 saturated heterocycles. The molecule has 1 nitrogen and oxygen atoms in total. The minimum Gasteiger partial charge on any atom is -0.317 e. The van der Waals surface area contributed by atoms with Gasteiger partial charge in [-0.15, -0.1) is 0 Å². The number of nitrogens with one attached hydrogen (secondary N) is 1. The first-order valence-electron chi connectivity index (χ1n) is 7.41. The summed E-state index contributed by atoms with van der Waals surface area (Å²) in [4.78, 5) is 0. The van der Waals surface area contributed by atoms with Gasteiger partial charge in [0, 0.05) is 0 Å². The van der Waals surface area contributed by atoms with Crippen LogP contribution in [0.4, 0.5) is 0 Å². The van der Waals surface area contributed by atoms with Crippen molar-refractivity contribution in [2.75, 3.05) is 13.1 Å². The predicted molar refractivity (Wildman–Crippen MR) is 78.8 cm³/mol. The lowest BCUT2D eigenvalue weighted by molar-refractivity contribution is 0.274. The molecule has 1 aromatic rings. The molecule has 0 amide bonds. The Morgan fingerprint density at radius 1 is 1.17 bits per heavy atom. The Morgan fingerprint density at radius 3 is 2.56 bits per heavy atom. The van der Waals surface area contributed by atoms with E-state index in [0.717, 1.165) is 18.4 Å². The fourth-order valence-electron chi connectivity index (χ4n) is 3.03. The highest BCUT2D eigenvalue weighted by molar-refractivity contribution is 5.26. The zero-order valence-corrected chi connectivity index (χ0v) is 12.1. The van der Waals surface area contributed by atoms with Gasteiger partial charge in [-0.05, 0) is 55.2 Å². The highest BCUT2D eigenvalue weighted by atomic mass is 14.8. The molecular weight excluding hydrogens is 218 g/mol. The van der Waals surface area contributed by atoms with Crippen LogP contribution in [0, 0.1) is 11.3 Å². The molecule has 0 heterocycles. The lowest BCUT2D eigenvalue weighted by Gasteiger charge is -2.25. The lowest BCUT2D eigenvalue weighted by atomic mass is 9.82. The fourth-order valence-corrected chi connectivity index (χ4v) is 3.03. The molecular formula is C17H27N. The highest BCUT2D eigenvalue weighted by Gasteiger charge is 2.47. The third-order valence-corrected chi connectivity index (χ3v) is 4.39. The van der Waals surface area contributed by atoms with Crippen LogP contribution in [0.1, 0.15) is 51.5 Å². The first kappa shape index (κ1) is 13.6. The van der Waals surface area contributed by atoms with Gasteiger partial charge >= 0.3 is 0 Å². The smallest absolute Gasteiger partial charge is 0.00437 e. The van der Waals surface area contributed by atoms with Gasteiger partial charge in [0.1, 0.15) is 0 Å². The topological polar surface area (TPSA) is 12.0 Å². The van der Waals surface area contributed by atoms with E-state index >= 15 is 0 Å². The summed E-state index contributed by atoms with van der Waals surface area (Å²) < 4.78 is 0. The Labute approximate surface area is 112 Å². The van der Waals surface area contributed by atoms with Gasteiger partial charge in [-0.1, -0.05) is 51.1 Å². The van der Waals surface area contributed by atoms with E-state index in [4.69, 9.17) is 0 Å². The zero-order valence-electron chi connectivity index (χ0n) is 12.1. The fraction of sp³-hybridized carbons (Fsp3) is 0.647. The predicted octanol–water partition coefficient (Wildman–Crippen LogP) is 4.21. The monoisotopic (exact) mass is 245 g/mol. The van der Waals surface area contributed by atoms with Gasteiger partial charge in [-0.3, -0.25) is 0 Å². The molecule has 0 aliphatic heterocycles. The first-order chi connectivity index (χ1) is 8.65. The van der Waals surface area contributed by atoms with E-state index in [1.165, 1.54) is 31.4 Å². The lowest BCUT2D eigenvalue weighted by Crippen LogP contribution is -2.24. The second kappa shape index (κ2) is 5.88. The van der Waals surface area contributed by atoms with Crippen LogP contribution in [0.15, 0.2) is 30.3 Å². The van der Waals surface area contributed by atoms with Crippen LogP contribution in [0.2, 0.25) is 0 Å². The molecule has 1 fully saturated rings. The molecule has 2 atom stereocenters. The van der Waals surface area contributed by atoms with E-state index in [1.807, 2.05) is 0 Å². The van der Waals surface area contributed by atoms with Crippen LogP contribution >= 0.6 is 0 Å². The van der Waals surface area contributed by atoms with Gasteiger partial charge in [0.2, 0.25) is 0 Å². The Morgan fingerprint density at radius 2 is 1.89 bits per heavy atom. The minimum absolute atomic E-state index is 0.473. The molecule has 0 bridgehead atoms. The van der Waals surface area contributed by atoms with Crippen LogP contribution in [0.25, 0.3) is 0 Å². The van der Waals surface area contributed by atoms with Crippen molar-refractivity contribution in [2.24, 2.45) is 11.3 Å². The number of hydrogen-bond donors (Lipinski definition) is 1. The summed E-state index contributed by atoms with van der Waals surface area (Å²) >= 11 is 0. The van der Waals surface area contributed by atoms with Crippen LogP contribution in [0.3, 0.4) is 0 Å². The maximum absolute atomic E-state index is 3.53. The van der Waals surface area contributed by atoms with Crippen LogP contribution in [-0.2, 0) is 0 Å². The van der Waals surface area contributed by atoms with Crippen molar-refractivity contribution in [1.82, 2.24) is 5.32 Å². The van der Waals surface area contributed by atoms with Crippen molar-refractivity contribution in [3.05, 3.63) is 35.9 Å². The third kappa shape index (κ3) is 3.35. The average molecular weight is 245 g/mol. The van der Waals surface area contributed by atoms with Crippen molar-refractivity contribution in [1.29, 1.82) is 0 Å². The normalized spacial score (nSPS) is 23.1. The molecule has 0 spiro atoms. The van der Waals surface area contributed by atoms with Gasteiger partial charge in [-0.25, -0.2) is 0 Å². The molecule has 1 N–H and O–H groups in total. The summed E-state index contributed by atoms with van der Waals surface area (Å²) in [6.45, 7) is 9.43. The van der Waals surface area contributed by atoms with Gasteiger partial charge in [0.05, 0.1) is 0 Å². The van der Waals surface area contributed by atoms with Crippen molar-refractivity contribution in [3.8, 4) is 0 Å². The Hall–Kier alpha value is -0.820. The Kier molecular flexibility index (Phi) is 4.45. The maximum atomic E-state index is 3.53. The molecule has 100 valence electrons. The number of benzene rings is 1. The van der Waals surface area contributed by atoms with Gasteiger partial charge < -0.3 is 5.32 Å². The van der Waals surface area contributed by atoms with E-state index < -0.39 is 0 Å². The Bertz CT molecular complexity index is 355. The second-order valence-corrected chi connectivity index (χ2v) is 6.35. The molecule has 18 heavy (non-hydrogen) atoms. The summed E-state index contributed by atoms with van der Waals surface area (Å²) in [5.74, 6) is 1.69. The first-order valence-corrected chi connectivity index (χ1v) is 7.41. The van der Waals surface area contributed by atoms with E-state index in [-0.39, 0.29) is 0 Å². The molecule has 1 aromatic carbocycles. The summed E-state index contributed by atoms with van der Waals surface area (Å²) in [7, 11) is 0. The van der Waals surface area contributed by atoms with E-state index in [1.54, 1.807) is 0 Å². The van der Waals surface area contributed by atoms with Gasteiger partial charge in [0.15, 0.2) is 0 Å². The maximum Gasteiger partial charge on any atom is -0.00437 e. The summed E-state index contributed by atoms with van der Waals surface area (Å²) in [6, 6.07) is 11.0. The zero-order chi connectivity index (χ0) is 13.0. The van der Waals surface area contributed by atoms with Crippen molar-refractivity contribution < 1.29 is 0 Å². The average Bonchev–Trinajstić information content (AvgIpc) is 3.17. The second-order valence-electron chi connectivity index (χ2n) is 6.35. The largest absolute Gasteiger partial charge is 0.317 e. The number of rotatable bonds is 7. The quantitative estimate of drug-likeness (QED) is 0.710. The van der Waals surface area contributed by atoms with Crippen molar-refractivity contribution in [2.45, 2.75) is 46.0 Å². The molecule has 0 aromatic heterocycles. The van der Waals surface area contributed by atoms with E-state index in [2.05, 4.69) is 56.4 Å². The number of hydrogen-bond acceptors (Lipinski definition) is 1. The van der Waals surface area contributed by atoms with E-state index in [0.29, 0.717) is 5.41 Å². The molecule has 2 rings (SSSR count). The standard InChI is InChI=1S/C17H27N/c1-4-11-18-12-10-17(2,3)16-13-15(16)14-8-6-5-7-9-14/h5-9,15-16,18H,4,10-13H2,1-3H3. The highest BCUT2D eigenvalue weighted by Crippen LogP contribution is 2.57. The van der Waals surface area contributed by atoms with Crippen LogP contribution in [-0.4, -0.2) is 13.1 Å². The summed E-state index contributed by atoms with van der Waals surface area (Å²) in [6.07, 6.45) is 3.91. The molecule has 1 saturated carbocycles. The molecule has 2 unspecified atom stereocenters. The van der Waals surface area contributed by atoms with Crippen molar-refractivity contribution >= 4 is 0 Å². The molecule has 0 radical (unpaired) electrons. The summed E-state index contributed by atoms with van der Waals surface area (Å²) in [5.41, 5.74) is 2.01. The molecule has 1 aliphatic carbocycles.